The molecule has 2 aromatic carbocycles. The number of ether oxygens (including phenoxy) is 1. The maximum atomic E-state index is 12.9. The molecule has 154 valence electrons. The Kier molecular flexibility index (Phi) is 6.49. The second-order valence-corrected chi connectivity index (χ2v) is 8.17. The number of nitrogens with zero attached hydrogens (tertiary/aromatic N) is 3. The number of hydrogen-bond donors (Lipinski definition) is 1. The Balaban J connectivity index is 1.45. The lowest BCUT2D eigenvalue weighted by Gasteiger charge is -2.33. The van der Waals surface area contributed by atoms with Crippen molar-refractivity contribution < 1.29 is 9.53 Å². The molecular formula is C23H24N4O2S. The molecule has 0 spiro atoms. The molecule has 30 heavy (non-hydrogen) atoms. The predicted molar refractivity (Wildman–Crippen MR) is 119 cm³/mol. The molecular weight excluding hydrogens is 396 g/mol. The summed E-state index contributed by atoms with van der Waals surface area (Å²) in [6.07, 6.45) is 5.23. The van der Waals surface area contributed by atoms with Crippen molar-refractivity contribution in [1.29, 1.82) is 0 Å². The van der Waals surface area contributed by atoms with Crippen LogP contribution in [0.15, 0.2) is 76.9 Å². The van der Waals surface area contributed by atoms with Crippen molar-refractivity contribution in [3.05, 3.63) is 67.0 Å². The van der Waals surface area contributed by atoms with Crippen LogP contribution >= 0.6 is 11.8 Å². The zero-order valence-corrected chi connectivity index (χ0v) is 17.6. The lowest BCUT2D eigenvalue weighted by molar-refractivity contribution is -0.120. The standard InChI is InChI=1S/C23H24N4O2S/c1-29-19-11-9-18(10-12-19)26-22(28)17-6-5-15-27(16-17)21-23(25-14-13-24-21)30-20-7-3-2-4-8-20/h2-4,7-14,17H,5-6,15-16H2,1H3,(H,26,28)/t17-/m0/s1. The molecule has 0 aliphatic carbocycles. The van der Waals surface area contributed by atoms with E-state index in [-0.39, 0.29) is 11.8 Å². The van der Waals surface area contributed by atoms with Crippen molar-refractivity contribution in [2.75, 3.05) is 30.4 Å². The van der Waals surface area contributed by atoms with E-state index in [4.69, 9.17) is 4.74 Å². The molecule has 1 aliphatic rings. The third-order valence-electron chi connectivity index (χ3n) is 5.05. The van der Waals surface area contributed by atoms with E-state index in [0.717, 1.165) is 46.6 Å². The summed E-state index contributed by atoms with van der Waals surface area (Å²) in [5, 5.41) is 3.89. The monoisotopic (exact) mass is 420 g/mol. The molecule has 1 amide bonds. The Morgan fingerprint density at radius 3 is 2.63 bits per heavy atom. The fourth-order valence-electron chi connectivity index (χ4n) is 3.51. The number of carbonyl (C=O) groups excluding carboxylic acids is 1. The number of nitrogens with one attached hydrogen (secondary N) is 1. The van der Waals surface area contributed by atoms with Crippen LogP contribution in [0.3, 0.4) is 0 Å². The van der Waals surface area contributed by atoms with Gasteiger partial charge in [-0.1, -0.05) is 30.0 Å². The molecule has 0 radical (unpaired) electrons. The first kappa shape index (κ1) is 20.2. The van der Waals surface area contributed by atoms with Gasteiger partial charge in [0, 0.05) is 36.1 Å². The van der Waals surface area contributed by atoms with Gasteiger partial charge in [0.05, 0.1) is 13.0 Å². The highest BCUT2D eigenvalue weighted by Gasteiger charge is 2.28. The van der Waals surface area contributed by atoms with Crippen LogP contribution in [0.4, 0.5) is 11.5 Å². The van der Waals surface area contributed by atoms with Gasteiger partial charge in [-0.15, -0.1) is 0 Å². The van der Waals surface area contributed by atoms with Gasteiger partial charge in [-0.25, -0.2) is 9.97 Å². The van der Waals surface area contributed by atoms with Crippen LogP contribution in [0.5, 0.6) is 5.75 Å². The second kappa shape index (κ2) is 9.63. The first-order valence-electron chi connectivity index (χ1n) is 9.96. The van der Waals surface area contributed by atoms with E-state index in [1.165, 1.54) is 0 Å². The summed E-state index contributed by atoms with van der Waals surface area (Å²) >= 11 is 1.60. The summed E-state index contributed by atoms with van der Waals surface area (Å²) < 4.78 is 5.17. The number of methoxy groups -OCH3 is 1. The number of benzene rings is 2. The first-order chi connectivity index (χ1) is 14.7. The quantitative estimate of drug-likeness (QED) is 0.634. The summed E-state index contributed by atoms with van der Waals surface area (Å²) in [7, 11) is 1.63. The lowest BCUT2D eigenvalue weighted by atomic mass is 9.97. The van der Waals surface area contributed by atoms with E-state index in [9.17, 15) is 4.79 Å². The normalized spacial score (nSPS) is 16.2. The molecule has 4 rings (SSSR count). The summed E-state index contributed by atoms with van der Waals surface area (Å²) in [6, 6.07) is 17.5. The van der Waals surface area contributed by atoms with E-state index < -0.39 is 0 Å². The SMILES string of the molecule is COc1ccc(NC(=O)[C@H]2CCCN(c3nccnc3Sc3ccccc3)C2)cc1. The zero-order valence-electron chi connectivity index (χ0n) is 16.8. The molecule has 0 saturated carbocycles. The van der Waals surface area contributed by atoms with Gasteiger partial charge in [0.25, 0.3) is 0 Å². The summed E-state index contributed by atoms with van der Waals surface area (Å²) in [4.78, 5) is 25.3. The number of piperidine rings is 1. The number of aromatic nitrogens is 2. The molecule has 1 atom stereocenters. The Bertz CT molecular complexity index is 982. The molecule has 0 unspecified atom stereocenters. The number of hydrogen-bond acceptors (Lipinski definition) is 6. The van der Waals surface area contributed by atoms with Crippen LogP contribution < -0.4 is 15.0 Å². The molecule has 1 saturated heterocycles. The summed E-state index contributed by atoms with van der Waals surface area (Å²) in [5.41, 5.74) is 0.776. The van der Waals surface area contributed by atoms with Crippen LogP contribution in [0.25, 0.3) is 0 Å². The van der Waals surface area contributed by atoms with Crippen molar-refractivity contribution in [2.45, 2.75) is 22.8 Å². The highest BCUT2D eigenvalue weighted by molar-refractivity contribution is 7.99. The van der Waals surface area contributed by atoms with Crippen LogP contribution in [0, 0.1) is 5.92 Å². The van der Waals surface area contributed by atoms with Crippen molar-refractivity contribution in [1.82, 2.24) is 9.97 Å². The van der Waals surface area contributed by atoms with Gasteiger partial charge in [-0.05, 0) is 49.2 Å². The number of anilines is 2. The maximum absolute atomic E-state index is 12.9. The van der Waals surface area contributed by atoms with E-state index in [2.05, 4.69) is 32.3 Å². The third-order valence-corrected chi connectivity index (χ3v) is 6.04. The molecule has 1 fully saturated rings. The van der Waals surface area contributed by atoms with E-state index in [1.807, 2.05) is 42.5 Å². The largest absolute Gasteiger partial charge is 0.497 e. The average Bonchev–Trinajstić information content (AvgIpc) is 2.81. The Labute approximate surface area is 180 Å². The van der Waals surface area contributed by atoms with E-state index >= 15 is 0 Å². The van der Waals surface area contributed by atoms with Gasteiger partial charge in [-0.2, -0.15) is 0 Å². The minimum Gasteiger partial charge on any atom is -0.497 e. The smallest absolute Gasteiger partial charge is 0.229 e. The minimum absolute atomic E-state index is 0.0334. The van der Waals surface area contributed by atoms with Crippen molar-refractivity contribution in [3.8, 4) is 5.75 Å². The van der Waals surface area contributed by atoms with Crippen LogP contribution in [0.1, 0.15) is 12.8 Å². The van der Waals surface area contributed by atoms with Crippen LogP contribution in [-0.2, 0) is 4.79 Å². The number of amides is 1. The molecule has 1 aliphatic heterocycles. The zero-order chi connectivity index (χ0) is 20.8. The molecule has 2 heterocycles. The van der Waals surface area contributed by atoms with Gasteiger partial charge in [0.15, 0.2) is 5.82 Å². The van der Waals surface area contributed by atoms with Gasteiger partial charge >= 0.3 is 0 Å². The van der Waals surface area contributed by atoms with Gasteiger partial charge < -0.3 is 15.0 Å². The van der Waals surface area contributed by atoms with Gasteiger partial charge in [-0.3, -0.25) is 4.79 Å². The summed E-state index contributed by atoms with van der Waals surface area (Å²) in [5.74, 6) is 1.54. The Morgan fingerprint density at radius 1 is 1.10 bits per heavy atom. The van der Waals surface area contributed by atoms with E-state index in [0.29, 0.717) is 6.54 Å². The second-order valence-electron chi connectivity index (χ2n) is 7.10. The van der Waals surface area contributed by atoms with Crippen molar-refractivity contribution in [3.63, 3.8) is 0 Å². The summed E-state index contributed by atoms with van der Waals surface area (Å²) in [6.45, 7) is 1.50. The average molecular weight is 421 g/mol. The third kappa shape index (κ3) is 4.91. The van der Waals surface area contributed by atoms with Crippen molar-refractivity contribution >= 4 is 29.2 Å². The fraction of sp³-hybridized carbons (Fsp3) is 0.261. The number of rotatable bonds is 6. The number of carbonyl (C=O) groups is 1. The highest BCUT2D eigenvalue weighted by Crippen LogP contribution is 2.34. The van der Waals surface area contributed by atoms with Crippen molar-refractivity contribution in [2.24, 2.45) is 5.92 Å². The van der Waals surface area contributed by atoms with Gasteiger partial charge in [0.1, 0.15) is 10.8 Å². The lowest BCUT2D eigenvalue weighted by Crippen LogP contribution is -2.41. The predicted octanol–water partition coefficient (Wildman–Crippen LogP) is 4.49. The molecule has 7 heteroatoms. The molecule has 6 nitrogen and oxygen atoms in total. The molecule has 1 N–H and O–H groups in total. The Morgan fingerprint density at radius 2 is 1.87 bits per heavy atom. The minimum atomic E-state index is -0.0996. The van der Waals surface area contributed by atoms with E-state index in [1.54, 1.807) is 31.3 Å². The Hall–Kier alpha value is -3.06. The fourth-order valence-corrected chi connectivity index (χ4v) is 4.41. The van der Waals surface area contributed by atoms with Gasteiger partial charge in [0.2, 0.25) is 5.91 Å². The highest BCUT2D eigenvalue weighted by atomic mass is 32.2. The topological polar surface area (TPSA) is 67.3 Å². The molecule has 0 bridgehead atoms. The molecule has 3 aromatic rings. The molecule has 1 aromatic heterocycles. The first-order valence-corrected chi connectivity index (χ1v) is 10.8. The maximum Gasteiger partial charge on any atom is 0.229 e. The van der Waals surface area contributed by atoms with Crippen LogP contribution in [0.2, 0.25) is 0 Å². The van der Waals surface area contributed by atoms with Crippen LogP contribution in [-0.4, -0.2) is 36.1 Å².